The molecule has 0 heteroatoms. The zero-order chi connectivity index (χ0) is 17.3. The first-order valence-electron chi connectivity index (χ1n) is 8.85. The van der Waals surface area contributed by atoms with E-state index in [1.165, 1.54) is 16.7 Å². The molecule has 0 aliphatic rings. The highest BCUT2D eigenvalue weighted by atomic mass is 14.3. The van der Waals surface area contributed by atoms with Gasteiger partial charge in [-0.05, 0) is 39.5 Å². The van der Waals surface area contributed by atoms with Gasteiger partial charge in [0.25, 0.3) is 0 Å². The first-order valence-corrected chi connectivity index (χ1v) is 8.85. The normalized spacial score (nSPS) is 13.9. The second kappa shape index (κ2) is 6.51. The summed E-state index contributed by atoms with van der Waals surface area (Å²) >= 11 is 0. The highest BCUT2D eigenvalue weighted by Crippen LogP contribution is 2.41. The van der Waals surface area contributed by atoms with E-state index in [1.807, 2.05) is 0 Å². The van der Waals surface area contributed by atoms with Crippen LogP contribution < -0.4 is 0 Å². The fraction of sp³-hybridized carbons (Fsp3) is 0.478. The van der Waals surface area contributed by atoms with Gasteiger partial charge in [-0.1, -0.05) is 97.0 Å². The lowest BCUT2D eigenvalue weighted by Crippen LogP contribution is -2.23. The third-order valence-corrected chi connectivity index (χ3v) is 4.68. The monoisotopic (exact) mass is 308 g/mol. The number of hydrogen-bond acceptors (Lipinski definition) is 0. The van der Waals surface area contributed by atoms with Crippen LogP contribution in [0.2, 0.25) is 0 Å². The predicted molar refractivity (Wildman–Crippen MR) is 102 cm³/mol. The Morgan fingerprint density at radius 3 is 1.57 bits per heavy atom. The van der Waals surface area contributed by atoms with Gasteiger partial charge in [0.1, 0.15) is 0 Å². The van der Waals surface area contributed by atoms with Crippen LogP contribution in [0, 0.1) is 0 Å². The van der Waals surface area contributed by atoms with Crippen molar-refractivity contribution in [2.45, 2.75) is 71.6 Å². The van der Waals surface area contributed by atoms with Crippen molar-refractivity contribution in [3.63, 3.8) is 0 Å². The van der Waals surface area contributed by atoms with Crippen LogP contribution in [0.4, 0.5) is 0 Å². The molecule has 2 aromatic rings. The molecule has 0 heterocycles. The SMILES string of the molecule is CCC(c1ccccc1)c1c(C(C)(C)C)cccc1C(C)(C)C. The molecule has 2 rings (SSSR count). The van der Waals surface area contributed by atoms with E-state index in [2.05, 4.69) is 97.0 Å². The number of hydrogen-bond donors (Lipinski definition) is 0. The molecule has 0 radical (unpaired) electrons. The Labute approximate surface area is 143 Å². The van der Waals surface area contributed by atoms with Gasteiger partial charge in [0.05, 0.1) is 0 Å². The molecule has 0 saturated heterocycles. The second-order valence-electron chi connectivity index (χ2n) is 8.64. The Morgan fingerprint density at radius 1 is 0.696 bits per heavy atom. The lowest BCUT2D eigenvalue weighted by molar-refractivity contribution is 0.543. The Balaban J connectivity index is 2.76. The van der Waals surface area contributed by atoms with Crippen LogP contribution in [0.5, 0.6) is 0 Å². The maximum absolute atomic E-state index is 2.33. The van der Waals surface area contributed by atoms with Crippen LogP contribution in [0.25, 0.3) is 0 Å². The zero-order valence-electron chi connectivity index (χ0n) is 15.9. The van der Waals surface area contributed by atoms with E-state index >= 15 is 0 Å². The lowest BCUT2D eigenvalue weighted by Gasteiger charge is -2.34. The van der Waals surface area contributed by atoms with Crippen LogP contribution in [0.1, 0.15) is 83.1 Å². The van der Waals surface area contributed by atoms with E-state index in [1.54, 1.807) is 5.56 Å². The standard InChI is InChI=1S/C23H32/c1-8-18(17-13-10-9-11-14-17)21-19(22(2,3)4)15-12-16-20(21)23(5,6)7/h9-16,18H,8H2,1-7H3. The molecule has 0 saturated carbocycles. The van der Waals surface area contributed by atoms with E-state index in [0.717, 1.165) is 6.42 Å². The summed E-state index contributed by atoms with van der Waals surface area (Å²) in [4.78, 5) is 0. The molecule has 0 N–H and O–H groups in total. The fourth-order valence-corrected chi connectivity index (χ4v) is 3.54. The van der Waals surface area contributed by atoms with E-state index in [0.29, 0.717) is 5.92 Å². The van der Waals surface area contributed by atoms with Gasteiger partial charge in [-0.2, -0.15) is 0 Å². The lowest BCUT2D eigenvalue weighted by atomic mass is 9.71. The van der Waals surface area contributed by atoms with Crippen molar-refractivity contribution in [1.82, 2.24) is 0 Å². The van der Waals surface area contributed by atoms with Gasteiger partial charge in [0, 0.05) is 5.92 Å². The highest BCUT2D eigenvalue weighted by Gasteiger charge is 2.29. The molecule has 0 aliphatic carbocycles. The van der Waals surface area contributed by atoms with Gasteiger partial charge >= 0.3 is 0 Å². The molecular weight excluding hydrogens is 276 g/mol. The summed E-state index contributed by atoms with van der Waals surface area (Å²) in [5.41, 5.74) is 6.25. The largest absolute Gasteiger partial charge is 0.0645 e. The van der Waals surface area contributed by atoms with Gasteiger partial charge in [-0.25, -0.2) is 0 Å². The van der Waals surface area contributed by atoms with Crippen molar-refractivity contribution in [1.29, 1.82) is 0 Å². The molecular formula is C23H32. The quantitative estimate of drug-likeness (QED) is 0.583. The molecule has 1 unspecified atom stereocenters. The van der Waals surface area contributed by atoms with Gasteiger partial charge in [0.2, 0.25) is 0 Å². The average Bonchev–Trinajstić information content (AvgIpc) is 2.47. The molecule has 23 heavy (non-hydrogen) atoms. The van der Waals surface area contributed by atoms with Crippen LogP contribution in [0.15, 0.2) is 48.5 Å². The van der Waals surface area contributed by atoms with Crippen LogP contribution in [-0.4, -0.2) is 0 Å². The molecule has 0 fully saturated rings. The van der Waals surface area contributed by atoms with E-state index in [-0.39, 0.29) is 10.8 Å². The summed E-state index contributed by atoms with van der Waals surface area (Å²) in [5.74, 6) is 0.459. The van der Waals surface area contributed by atoms with Crippen LogP contribution in [0.3, 0.4) is 0 Å². The minimum Gasteiger partial charge on any atom is -0.0645 e. The summed E-state index contributed by atoms with van der Waals surface area (Å²) in [6.45, 7) is 16.3. The summed E-state index contributed by atoms with van der Waals surface area (Å²) in [5, 5.41) is 0. The fourth-order valence-electron chi connectivity index (χ4n) is 3.54. The van der Waals surface area contributed by atoms with Gasteiger partial charge < -0.3 is 0 Å². The number of benzene rings is 2. The number of rotatable bonds is 3. The average molecular weight is 309 g/mol. The summed E-state index contributed by atoms with van der Waals surface area (Å²) in [6.07, 6.45) is 1.13. The smallest absolute Gasteiger partial charge is 0.00925 e. The molecule has 0 nitrogen and oxygen atoms in total. The van der Waals surface area contributed by atoms with E-state index in [4.69, 9.17) is 0 Å². The van der Waals surface area contributed by atoms with Gasteiger partial charge in [0.15, 0.2) is 0 Å². The molecule has 124 valence electrons. The maximum Gasteiger partial charge on any atom is 0.00925 e. The highest BCUT2D eigenvalue weighted by molar-refractivity contribution is 5.48. The van der Waals surface area contributed by atoms with Crippen molar-refractivity contribution >= 4 is 0 Å². The topological polar surface area (TPSA) is 0 Å². The van der Waals surface area contributed by atoms with Gasteiger partial charge in [-0.15, -0.1) is 0 Å². The Bertz CT molecular complexity index is 604. The van der Waals surface area contributed by atoms with Crippen molar-refractivity contribution in [3.8, 4) is 0 Å². The molecule has 0 bridgehead atoms. The molecule has 0 amide bonds. The van der Waals surface area contributed by atoms with Crippen LogP contribution >= 0.6 is 0 Å². The molecule has 0 aliphatic heterocycles. The first kappa shape index (κ1) is 17.8. The second-order valence-corrected chi connectivity index (χ2v) is 8.64. The first-order chi connectivity index (χ1) is 10.7. The van der Waals surface area contributed by atoms with Crippen molar-refractivity contribution in [3.05, 3.63) is 70.8 Å². The third-order valence-electron chi connectivity index (χ3n) is 4.68. The Kier molecular flexibility index (Phi) is 5.04. The predicted octanol–water partition coefficient (Wildman–Crippen LogP) is 6.82. The van der Waals surface area contributed by atoms with Crippen molar-refractivity contribution in [2.75, 3.05) is 0 Å². The Hall–Kier alpha value is -1.56. The minimum atomic E-state index is 0.152. The van der Waals surface area contributed by atoms with Crippen LogP contribution in [-0.2, 0) is 10.8 Å². The Morgan fingerprint density at radius 2 is 1.17 bits per heavy atom. The summed E-state index contributed by atoms with van der Waals surface area (Å²) in [6, 6.07) is 17.9. The molecule has 2 aromatic carbocycles. The van der Waals surface area contributed by atoms with Gasteiger partial charge in [-0.3, -0.25) is 0 Å². The summed E-state index contributed by atoms with van der Waals surface area (Å²) < 4.78 is 0. The molecule has 0 spiro atoms. The summed E-state index contributed by atoms with van der Waals surface area (Å²) in [7, 11) is 0. The minimum absolute atomic E-state index is 0.152. The third kappa shape index (κ3) is 3.86. The zero-order valence-corrected chi connectivity index (χ0v) is 15.9. The van der Waals surface area contributed by atoms with Crippen molar-refractivity contribution in [2.24, 2.45) is 0 Å². The van der Waals surface area contributed by atoms with E-state index in [9.17, 15) is 0 Å². The maximum atomic E-state index is 2.33. The molecule has 0 aromatic heterocycles. The van der Waals surface area contributed by atoms with Crippen molar-refractivity contribution < 1.29 is 0 Å². The molecule has 1 atom stereocenters. The van der Waals surface area contributed by atoms with E-state index < -0.39 is 0 Å².